The van der Waals surface area contributed by atoms with Gasteiger partial charge < -0.3 is 0 Å². The molecule has 0 radical (unpaired) electrons. The Bertz CT molecular complexity index is 843. The van der Waals surface area contributed by atoms with Gasteiger partial charge in [0.05, 0.1) is 4.32 Å². The van der Waals surface area contributed by atoms with Crippen LogP contribution in [0.15, 0.2) is 39.9 Å². The van der Waals surface area contributed by atoms with Crippen LogP contribution in [0.4, 0.5) is 30.7 Å². The fourth-order valence-electron chi connectivity index (χ4n) is 2.17. The van der Waals surface area contributed by atoms with Gasteiger partial charge in [0, 0.05) is 23.1 Å². The molecule has 1 heterocycles. The average Bonchev–Trinajstić information content (AvgIpc) is 2.52. The highest BCUT2D eigenvalue weighted by Gasteiger charge is 2.76. The maximum absolute atomic E-state index is 13.8. The summed E-state index contributed by atoms with van der Waals surface area (Å²) in [6.07, 6.45) is -3.56. The molecular weight excluding hydrogens is 558 g/mol. The number of aromatic nitrogens is 1. The van der Waals surface area contributed by atoms with Crippen LogP contribution in [0.3, 0.4) is 0 Å². The summed E-state index contributed by atoms with van der Waals surface area (Å²) < 4.78 is 102. The molecule has 150 valence electrons. The van der Waals surface area contributed by atoms with E-state index in [4.69, 9.17) is 11.6 Å². The average molecular weight is 566 g/mol. The number of alkyl halides is 8. The molecule has 0 spiro atoms. The maximum Gasteiger partial charge on any atom is 0.461 e. The molecular formula is C14H7Br2ClF7NOS. The molecule has 2 nitrogen and oxygen atoms in total. The molecule has 2 unspecified atom stereocenters. The maximum atomic E-state index is 13.8. The van der Waals surface area contributed by atoms with Crippen molar-refractivity contribution in [2.45, 2.75) is 28.1 Å². The first-order valence-corrected chi connectivity index (χ1v) is 9.88. The summed E-state index contributed by atoms with van der Waals surface area (Å²) in [5.41, 5.74) is 0.220. The predicted molar refractivity (Wildman–Crippen MR) is 93.7 cm³/mol. The van der Waals surface area contributed by atoms with Crippen LogP contribution in [0, 0.1) is 0 Å². The molecule has 2 atom stereocenters. The van der Waals surface area contributed by atoms with Crippen molar-refractivity contribution in [2.24, 2.45) is 0 Å². The Balaban J connectivity index is 2.55. The fraction of sp³-hybridized carbons (Fsp3) is 0.357. The van der Waals surface area contributed by atoms with E-state index < -0.39 is 37.4 Å². The number of pyridine rings is 1. The first-order valence-electron chi connectivity index (χ1n) is 6.76. The van der Waals surface area contributed by atoms with E-state index in [9.17, 15) is 34.9 Å². The zero-order valence-electron chi connectivity index (χ0n) is 12.6. The van der Waals surface area contributed by atoms with Crippen LogP contribution in [0.25, 0.3) is 0 Å². The second-order valence-corrected chi connectivity index (χ2v) is 9.69. The minimum Gasteiger partial charge on any atom is -0.248 e. The summed E-state index contributed by atoms with van der Waals surface area (Å²) in [4.78, 5) is 2.86. The summed E-state index contributed by atoms with van der Waals surface area (Å²) in [6, 6.07) is 2.89. The minimum absolute atomic E-state index is 0.0281. The van der Waals surface area contributed by atoms with Gasteiger partial charge in [-0.25, -0.2) is 9.19 Å². The lowest BCUT2D eigenvalue weighted by Gasteiger charge is -2.32. The van der Waals surface area contributed by atoms with E-state index in [1.54, 1.807) is 0 Å². The van der Waals surface area contributed by atoms with Crippen molar-refractivity contribution >= 4 is 54.3 Å². The van der Waals surface area contributed by atoms with E-state index in [0.29, 0.717) is 0 Å². The SMILES string of the molecule is O=S(C1=CC(Br)(c2cccnc2Cl)CC(Br)=C1)C(F)(F)C(F)(F)C(F)(F)F. The molecule has 1 aromatic heterocycles. The number of halogens is 10. The molecule has 0 bridgehead atoms. The summed E-state index contributed by atoms with van der Waals surface area (Å²) in [7, 11) is -4.02. The van der Waals surface area contributed by atoms with Crippen LogP contribution in [-0.4, -0.2) is 26.5 Å². The van der Waals surface area contributed by atoms with Crippen molar-refractivity contribution in [3.8, 4) is 0 Å². The number of rotatable bonds is 4. The molecule has 1 aromatic rings. The van der Waals surface area contributed by atoms with Gasteiger partial charge >= 0.3 is 17.4 Å². The number of hydrogen-bond donors (Lipinski definition) is 0. The molecule has 13 heteroatoms. The zero-order chi connectivity index (χ0) is 20.8. The topological polar surface area (TPSA) is 30.0 Å². The lowest BCUT2D eigenvalue weighted by atomic mass is 9.93. The van der Waals surface area contributed by atoms with E-state index in [-0.39, 0.29) is 21.6 Å². The van der Waals surface area contributed by atoms with Crippen molar-refractivity contribution in [3.05, 3.63) is 50.6 Å². The third-order valence-electron chi connectivity index (χ3n) is 3.47. The van der Waals surface area contributed by atoms with E-state index in [1.807, 2.05) is 0 Å². The Hall–Kier alpha value is -0.460. The van der Waals surface area contributed by atoms with E-state index in [0.717, 1.165) is 12.2 Å². The molecule has 0 saturated heterocycles. The third kappa shape index (κ3) is 4.13. The molecule has 0 aromatic carbocycles. The summed E-state index contributed by atoms with van der Waals surface area (Å²) >= 11 is 12.1. The minimum atomic E-state index is -6.58. The molecule has 0 saturated carbocycles. The molecule has 0 N–H and O–H groups in total. The summed E-state index contributed by atoms with van der Waals surface area (Å²) in [6.45, 7) is 0. The van der Waals surface area contributed by atoms with Gasteiger partial charge in [-0.2, -0.15) is 30.7 Å². The number of hydrogen-bond acceptors (Lipinski definition) is 2. The summed E-state index contributed by atoms with van der Waals surface area (Å²) in [5.74, 6) is -6.50. The standard InChI is InChI=1S/C14H7Br2ClF7NOS/c15-7-4-8(27(26)14(23,24)12(18,19)13(20,21)22)6-11(16,5-7)9-2-1-3-25-10(9)17/h1-4,6H,5H2. The first kappa shape index (κ1) is 22.8. The molecule has 0 fully saturated rings. The highest BCUT2D eigenvalue weighted by atomic mass is 79.9. The van der Waals surface area contributed by atoms with Crippen LogP contribution in [0.1, 0.15) is 12.0 Å². The second-order valence-electron chi connectivity index (χ2n) is 5.38. The lowest BCUT2D eigenvalue weighted by Crippen LogP contribution is -2.54. The van der Waals surface area contributed by atoms with Crippen molar-refractivity contribution < 1.29 is 34.9 Å². The van der Waals surface area contributed by atoms with Gasteiger partial charge in [0.1, 0.15) is 16.0 Å². The second kappa shape index (κ2) is 7.42. The molecule has 0 aliphatic heterocycles. The van der Waals surface area contributed by atoms with Crippen LogP contribution in [0.5, 0.6) is 0 Å². The Morgan fingerprint density at radius 1 is 1.19 bits per heavy atom. The predicted octanol–water partition coefficient (Wildman–Crippen LogP) is 6.43. The van der Waals surface area contributed by atoms with Gasteiger partial charge in [-0.15, -0.1) is 0 Å². The lowest BCUT2D eigenvalue weighted by molar-refractivity contribution is -0.331. The molecule has 2 rings (SSSR count). The van der Waals surface area contributed by atoms with E-state index >= 15 is 0 Å². The van der Waals surface area contributed by atoms with Crippen molar-refractivity contribution in [3.63, 3.8) is 0 Å². The monoisotopic (exact) mass is 563 g/mol. The van der Waals surface area contributed by atoms with Gasteiger partial charge in [-0.3, -0.25) is 0 Å². The summed E-state index contributed by atoms with van der Waals surface area (Å²) in [5, 5.41) is -5.96. The normalized spacial score (nSPS) is 22.9. The number of allylic oxidation sites excluding steroid dienone is 3. The van der Waals surface area contributed by atoms with Crippen molar-refractivity contribution in [1.29, 1.82) is 0 Å². The van der Waals surface area contributed by atoms with Gasteiger partial charge in [-0.1, -0.05) is 49.5 Å². The van der Waals surface area contributed by atoms with Crippen LogP contribution in [0.2, 0.25) is 5.15 Å². The van der Waals surface area contributed by atoms with Gasteiger partial charge in [0.25, 0.3) is 0 Å². The number of nitrogens with zero attached hydrogens (tertiary/aromatic N) is 1. The molecule has 27 heavy (non-hydrogen) atoms. The highest BCUT2D eigenvalue weighted by molar-refractivity contribution is 9.12. The third-order valence-corrected chi connectivity index (χ3v) is 6.60. The zero-order valence-corrected chi connectivity index (χ0v) is 17.4. The Morgan fingerprint density at radius 3 is 2.30 bits per heavy atom. The smallest absolute Gasteiger partial charge is 0.248 e. The Morgan fingerprint density at radius 2 is 1.78 bits per heavy atom. The van der Waals surface area contributed by atoms with Crippen LogP contribution in [-0.2, 0) is 15.1 Å². The van der Waals surface area contributed by atoms with Crippen LogP contribution >= 0.6 is 43.5 Å². The van der Waals surface area contributed by atoms with Gasteiger partial charge in [0.2, 0.25) is 0 Å². The highest BCUT2D eigenvalue weighted by Crippen LogP contribution is 2.52. The Kier molecular flexibility index (Phi) is 6.27. The molecule has 1 aliphatic carbocycles. The molecule has 0 amide bonds. The first-order chi connectivity index (χ1) is 12.1. The van der Waals surface area contributed by atoms with E-state index in [1.165, 1.54) is 18.3 Å². The molecule has 1 aliphatic rings. The van der Waals surface area contributed by atoms with Crippen molar-refractivity contribution in [1.82, 2.24) is 4.98 Å². The Labute approximate surface area is 172 Å². The van der Waals surface area contributed by atoms with Crippen LogP contribution < -0.4 is 0 Å². The quantitative estimate of drug-likeness (QED) is 0.239. The largest absolute Gasteiger partial charge is 0.461 e. The fourth-order valence-corrected chi connectivity index (χ4v) is 6.02. The van der Waals surface area contributed by atoms with Crippen molar-refractivity contribution in [2.75, 3.05) is 0 Å². The van der Waals surface area contributed by atoms with Gasteiger partial charge in [-0.05, 0) is 22.7 Å². The van der Waals surface area contributed by atoms with Gasteiger partial charge in [0.15, 0.2) is 0 Å². The van der Waals surface area contributed by atoms with E-state index in [2.05, 4.69) is 36.8 Å².